The first-order chi connectivity index (χ1) is 15.4. The zero-order chi connectivity index (χ0) is 22.8. The van der Waals surface area contributed by atoms with Crippen LogP contribution in [-0.4, -0.2) is 45.5 Å². The van der Waals surface area contributed by atoms with E-state index >= 15 is 0 Å². The summed E-state index contributed by atoms with van der Waals surface area (Å²) in [6.45, 7) is 0.260. The van der Waals surface area contributed by atoms with Gasteiger partial charge < -0.3 is 15.7 Å². The highest BCUT2D eigenvalue weighted by atomic mass is 35.5. The van der Waals surface area contributed by atoms with Gasteiger partial charge in [-0.25, -0.2) is 4.98 Å². The van der Waals surface area contributed by atoms with Crippen molar-refractivity contribution in [2.75, 3.05) is 18.5 Å². The molecular weight excluding hydrogens is 455 g/mol. The first-order valence-corrected chi connectivity index (χ1v) is 10.9. The van der Waals surface area contributed by atoms with E-state index in [0.717, 1.165) is 12.8 Å². The lowest BCUT2D eigenvalue weighted by Gasteiger charge is -2.11. The van der Waals surface area contributed by atoms with Crippen LogP contribution >= 0.6 is 23.2 Å². The summed E-state index contributed by atoms with van der Waals surface area (Å²) in [7, 11) is 0. The van der Waals surface area contributed by atoms with Crippen molar-refractivity contribution < 1.29 is 19.5 Å². The maximum absolute atomic E-state index is 13.3. The summed E-state index contributed by atoms with van der Waals surface area (Å²) in [5.41, 5.74) is 0.799. The van der Waals surface area contributed by atoms with Crippen molar-refractivity contribution in [3.8, 4) is 0 Å². The number of pyridine rings is 1. The monoisotopic (exact) mass is 474 g/mol. The zero-order valence-corrected chi connectivity index (χ0v) is 18.4. The Morgan fingerprint density at radius 2 is 1.88 bits per heavy atom. The molecule has 2 aromatic heterocycles. The van der Waals surface area contributed by atoms with E-state index in [9.17, 15) is 14.4 Å². The molecule has 1 aliphatic rings. The van der Waals surface area contributed by atoms with Crippen LogP contribution in [0.15, 0.2) is 36.7 Å². The Morgan fingerprint density at radius 3 is 2.53 bits per heavy atom. The van der Waals surface area contributed by atoms with Gasteiger partial charge in [0, 0.05) is 42.4 Å². The van der Waals surface area contributed by atoms with Gasteiger partial charge in [0.2, 0.25) is 5.91 Å². The summed E-state index contributed by atoms with van der Waals surface area (Å²) in [4.78, 5) is 41.9. The number of benzene rings is 1. The summed E-state index contributed by atoms with van der Waals surface area (Å²) in [6, 6.07) is 6.10. The summed E-state index contributed by atoms with van der Waals surface area (Å²) >= 11 is 12.7. The predicted molar refractivity (Wildman–Crippen MR) is 121 cm³/mol. The molecule has 0 aliphatic heterocycles. The molecule has 1 aromatic carbocycles. The molecule has 3 aromatic rings. The molecule has 10 heteroatoms. The van der Waals surface area contributed by atoms with Crippen LogP contribution in [0.2, 0.25) is 10.0 Å². The van der Waals surface area contributed by atoms with Gasteiger partial charge in [-0.2, -0.15) is 0 Å². The molecule has 0 unspecified atom stereocenters. The number of hydrogen-bond donors (Lipinski definition) is 3. The van der Waals surface area contributed by atoms with Gasteiger partial charge >= 0.3 is 0 Å². The van der Waals surface area contributed by atoms with E-state index in [0.29, 0.717) is 29.7 Å². The summed E-state index contributed by atoms with van der Waals surface area (Å²) in [6.07, 6.45) is 5.23. The van der Waals surface area contributed by atoms with Gasteiger partial charge in [0.05, 0.1) is 21.1 Å². The minimum absolute atomic E-state index is 0.0211. The number of nitrogens with one attached hydrogen (secondary N) is 2. The average molecular weight is 475 g/mol. The molecule has 166 valence electrons. The average Bonchev–Trinajstić information content (AvgIpc) is 3.52. The van der Waals surface area contributed by atoms with Crippen molar-refractivity contribution in [2.24, 2.45) is 5.92 Å². The highest BCUT2D eigenvalue weighted by molar-refractivity contribution is 6.40. The lowest BCUT2D eigenvalue weighted by molar-refractivity contribution is -0.117. The summed E-state index contributed by atoms with van der Waals surface area (Å²) in [5.74, 6) is -0.559. The second-order valence-electron chi connectivity index (χ2n) is 7.49. The number of aliphatic hydroxyl groups is 1. The van der Waals surface area contributed by atoms with Crippen molar-refractivity contribution in [3.05, 3.63) is 57.8 Å². The third-order valence-corrected chi connectivity index (χ3v) is 5.76. The maximum Gasteiger partial charge on any atom is 0.265 e. The Kier molecular flexibility index (Phi) is 6.45. The van der Waals surface area contributed by atoms with Crippen molar-refractivity contribution in [3.63, 3.8) is 0 Å². The van der Waals surface area contributed by atoms with Gasteiger partial charge in [-0.05, 0) is 43.5 Å². The SMILES string of the molecule is O=C(NCCCO)c1cc(Cl)c(C(=O)n2ccc3c(NC(=O)C4CC4)nccc32)c(Cl)c1. The molecule has 0 saturated heterocycles. The Labute approximate surface area is 193 Å². The van der Waals surface area contributed by atoms with Crippen LogP contribution < -0.4 is 10.6 Å². The van der Waals surface area contributed by atoms with Crippen molar-refractivity contribution in [1.29, 1.82) is 0 Å². The molecule has 4 rings (SSSR count). The molecule has 0 bridgehead atoms. The molecule has 32 heavy (non-hydrogen) atoms. The van der Waals surface area contributed by atoms with Gasteiger partial charge in [0.1, 0.15) is 5.82 Å². The molecule has 0 atom stereocenters. The number of carbonyl (C=O) groups excluding carboxylic acids is 3. The number of anilines is 1. The minimum Gasteiger partial charge on any atom is -0.396 e. The number of aliphatic hydroxyl groups excluding tert-OH is 1. The van der Waals surface area contributed by atoms with Crippen molar-refractivity contribution in [1.82, 2.24) is 14.9 Å². The Hall–Kier alpha value is -2.94. The van der Waals surface area contributed by atoms with E-state index in [1.807, 2.05) is 0 Å². The van der Waals surface area contributed by atoms with Crippen LogP contribution in [0.5, 0.6) is 0 Å². The predicted octanol–water partition coefficient (Wildman–Crippen LogP) is 3.49. The van der Waals surface area contributed by atoms with Gasteiger partial charge in [-0.3, -0.25) is 19.0 Å². The highest BCUT2D eigenvalue weighted by Crippen LogP contribution is 2.32. The number of hydrogen-bond acceptors (Lipinski definition) is 5. The third-order valence-electron chi connectivity index (χ3n) is 5.16. The molecular formula is C22H20Cl2N4O4. The number of aromatic nitrogens is 2. The van der Waals surface area contributed by atoms with Gasteiger partial charge in [-0.1, -0.05) is 23.2 Å². The topological polar surface area (TPSA) is 113 Å². The fourth-order valence-electron chi connectivity index (χ4n) is 3.32. The summed E-state index contributed by atoms with van der Waals surface area (Å²) in [5, 5.41) is 15.0. The van der Waals surface area contributed by atoms with E-state index in [-0.39, 0.29) is 39.6 Å². The molecule has 2 heterocycles. The third kappa shape index (κ3) is 4.48. The van der Waals surface area contributed by atoms with Crippen LogP contribution in [0.4, 0.5) is 5.82 Å². The minimum atomic E-state index is -0.479. The number of rotatable bonds is 7. The Balaban J connectivity index is 1.63. The molecule has 1 saturated carbocycles. The normalized spacial score (nSPS) is 13.2. The molecule has 0 spiro atoms. The second-order valence-corrected chi connectivity index (χ2v) is 8.31. The zero-order valence-electron chi connectivity index (χ0n) is 16.9. The van der Waals surface area contributed by atoms with Gasteiger partial charge in [0.25, 0.3) is 11.8 Å². The highest BCUT2D eigenvalue weighted by Gasteiger charge is 2.30. The smallest absolute Gasteiger partial charge is 0.265 e. The lowest BCUT2D eigenvalue weighted by Crippen LogP contribution is -2.25. The molecule has 2 amide bonds. The van der Waals surface area contributed by atoms with Gasteiger partial charge in [-0.15, -0.1) is 0 Å². The molecule has 1 aliphatic carbocycles. The Bertz CT molecular complexity index is 1200. The molecule has 1 fully saturated rings. The number of nitrogens with zero attached hydrogens (tertiary/aromatic N) is 2. The van der Waals surface area contributed by atoms with Crippen LogP contribution in [0.3, 0.4) is 0 Å². The van der Waals surface area contributed by atoms with Gasteiger partial charge in [0.15, 0.2) is 0 Å². The van der Waals surface area contributed by atoms with E-state index in [4.69, 9.17) is 28.3 Å². The summed E-state index contributed by atoms with van der Waals surface area (Å²) < 4.78 is 1.37. The standard InChI is InChI=1S/C22H20Cl2N4O4/c23-15-10-13(20(30)26-6-1-9-29)11-16(24)18(15)22(32)28-8-5-14-17(28)4-7-25-19(14)27-21(31)12-2-3-12/h4-5,7-8,10-12,29H,1-3,6,9H2,(H,26,30)(H,25,27,31). The fourth-order valence-corrected chi connectivity index (χ4v) is 3.97. The first kappa shape index (κ1) is 22.3. The number of halogens is 2. The van der Waals surface area contributed by atoms with Crippen molar-refractivity contribution in [2.45, 2.75) is 19.3 Å². The lowest BCUT2D eigenvalue weighted by atomic mass is 10.1. The quantitative estimate of drug-likeness (QED) is 0.453. The second kappa shape index (κ2) is 9.28. The Morgan fingerprint density at radius 1 is 1.16 bits per heavy atom. The van der Waals surface area contributed by atoms with E-state index < -0.39 is 11.8 Å². The largest absolute Gasteiger partial charge is 0.396 e. The fraction of sp³-hybridized carbons (Fsp3) is 0.273. The molecule has 3 N–H and O–H groups in total. The number of carbonyl (C=O) groups is 3. The van der Waals surface area contributed by atoms with Crippen LogP contribution in [0.25, 0.3) is 10.9 Å². The molecule has 8 nitrogen and oxygen atoms in total. The van der Waals surface area contributed by atoms with E-state index in [1.54, 1.807) is 18.3 Å². The van der Waals surface area contributed by atoms with E-state index in [2.05, 4.69) is 15.6 Å². The maximum atomic E-state index is 13.3. The number of amides is 2. The molecule has 0 radical (unpaired) electrons. The first-order valence-electron chi connectivity index (χ1n) is 10.1. The van der Waals surface area contributed by atoms with Crippen LogP contribution in [0.1, 0.15) is 40.0 Å². The number of fused-ring (bicyclic) bond motifs is 1. The van der Waals surface area contributed by atoms with E-state index in [1.165, 1.54) is 22.9 Å². The van der Waals surface area contributed by atoms with Crippen LogP contribution in [0, 0.1) is 5.92 Å². The van der Waals surface area contributed by atoms with Crippen LogP contribution in [-0.2, 0) is 4.79 Å². The van der Waals surface area contributed by atoms with Crippen molar-refractivity contribution >= 4 is 57.6 Å².